The molecular formula is C21H17ClF3N5O. The van der Waals surface area contributed by atoms with Gasteiger partial charge in [0, 0.05) is 18.6 Å². The zero-order valence-corrected chi connectivity index (χ0v) is 17.1. The maximum absolute atomic E-state index is 13.1. The van der Waals surface area contributed by atoms with Crippen molar-refractivity contribution in [3.63, 3.8) is 0 Å². The normalized spacial score (nSPS) is 11.8. The smallest absolute Gasteiger partial charge is 0.355 e. The largest absolute Gasteiger partial charge is 0.416 e. The third kappa shape index (κ3) is 4.27. The van der Waals surface area contributed by atoms with Gasteiger partial charge < -0.3 is 9.88 Å². The summed E-state index contributed by atoms with van der Waals surface area (Å²) >= 11 is 5.96. The predicted molar refractivity (Wildman–Crippen MR) is 113 cm³/mol. The Balaban J connectivity index is 1.63. The maximum atomic E-state index is 13.1. The van der Waals surface area contributed by atoms with E-state index in [1.54, 1.807) is 35.9 Å². The van der Waals surface area contributed by atoms with Crippen LogP contribution < -0.4 is 10.9 Å². The number of aromatic nitrogens is 4. The average molecular weight is 448 g/mol. The van der Waals surface area contributed by atoms with Crippen LogP contribution in [0.25, 0.3) is 16.9 Å². The Hall–Kier alpha value is -3.33. The van der Waals surface area contributed by atoms with E-state index in [0.717, 1.165) is 17.7 Å². The van der Waals surface area contributed by atoms with Crippen LogP contribution in [0, 0.1) is 0 Å². The molecule has 0 saturated carbocycles. The summed E-state index contributed by atoms with van der Waals surface area (Å²) in [6.45, 7) is 0.356. The average Bonchev–Trinajstić information content (AvgIpc) is 3.10. The van der Waals surface area contributed by atoms with Crippen molar-refractivity contribution in [2.24, 2.45) is 7.05 Å². The molecule has 2 heterocycles. The zero-order valence-electron chi connectivity index (χ0n) is 16.3. The van der Waals surface area contributed by atoms with E-state index in [9.17, 15) is 18.0 Å². The topological polar surface area (TPSA) is 64.7 Å². The van der Waals surface area contributed by atoms with E-state index in [1.807, 2.05) is 0 Å². The summed E-state index contributed by atoms with van der Waals surface area (Å²) in [5.74, 6) is 0.301. The van der Waals surface area contributed by atoms with Crippen LogP contribution in [0.15, 0.2) is 59.7 Å². The Bertz CT molecular complexity index is 1280. The molecule has 2 aromatic carbocycles. The van der Waals surface area contributed by atoms with Gasteiger partial charge in [-0.15, -0.1) is 0 Å². The fraction of sp³-hybridized carbons (Fsp3) is 0.190. The van der Waals surface area contributed by atoms with E-state index in [1.165, 1.54) is 23.0 Å². The van der Waals surface area contributed by atoms with E-state index in [0.29, 0.717) is 35.3 Å². The summed E-state index contributed by atoms with van der Waals surface area (Å²) in [5, 5.41) is 3.65. The quantitative estimate of drug-likeness (QED) is 0.491. The second-order valence-corrected chi connectivity index (χ2v) is 7.39. The highest BCUT2D eigenvalue weighted by Gasteiger charge is 2.29. The molecule has 0 atom stereocenters. The van der Waals surface area contributed by atoms with Crippen LogP contribution in [0.2, 0.25) is 5.02 Å². The minimum atomic E-state index is -4.37. The lowest BCUT2D eigenvalue weighted by molar-refractivity contribution is -0.137. The molecular weight excluding hydrogens is 431 g/mol. The zero-order chi connectivity index (χ0) is 22.2. The number of halogens is 4. The number of fused-ring (bicyclic) bond motifs is 1. The Morgan fingerprint density at radius 2 is 1.74 bits per heavy atom. The van der Waals surface area contributed by atoms with Gasteiger partial charge in [0.15, 0.2) is 11.2 Å². The van der Waals surface area contributed by atoms with Gasteiger partial charge in [0.1, 0.15) is 0 Å². The van der Waals surface area contributed by atoms with Crippen LogP contribution in [0.1, 0.15) is 11.1 Å². The summed E-state index contributed by atoms with van der Waals surface area (Å²) in [5.41, 5.74) is 0.904. The first-order valence-corrected chi connectivity index (χ1v) is 9.72. The number of hydrogen-bond donors (Lipinski definition) is 1. The molecule has 0 fully saturated rings. The van der Waals surface area contributed by atoms with Gasteiger partial charge in [-0.3, -0.25) is 4.79 Å². The van der Waals surface area contributed by atoms with Crippen molar-refractivity contribution in [2.45, 2.75) is 12.6 Å². The van der Waals surface area contributed by atoms with E-state index in [-0.39, 0.29) is 11.1 Å². The number of nitrogens with zero attached hydrogens (tertiary/aromatic N) is 4. The third-order valence-corrected chi connectivity index (χ3v) is 5.05. The molecule has 6 nitrogen and oxygen atoms in total. The lowest BCUT2D eigenvalue weighted by atomic mass is 10.1. The monoisotopic (exact) mass is 447 g/mol. The van der Waals surface area contributed by atoms with Crippen molar-refractivity contribution < 1.29 is 13.2 Å². The number of hydrogen-bond acceptors (Lipinski definition) is 4. The Labute approximate surface area is 179 Å². The highest BCUT2D eigenvalue weighted by molar-refractivity contribution is 6.30. The Morgan fingerprint density at radius 3 is 2.39 bits per heavy atom. The van der Waals surface area contributed by atoms with E-state index < -0.39 is 11.7 Å². The van der Waals surface area contributed by atoms with Crippen molar-refractivity contribution in [2.75, 3.05) is 11.9 Å². The number of nitrogens with one attached hydrogen (secondary N) is 1. The van der Waals surface area contributed by atoms with Crippen molar-refractivity contribution >= 4 is 28.7 Å². The SMILES string of the molecule is Cn1cnc2c(=O)n(-c3ccc(Cl)cc3)c(NCCc3ccc(C(F)(F)F)cc3)nc21. The molecule has 0 unspecified atom stereocenters. The second-order valence-electron chi connectivity index (χ2n) is 6.95. The number of benzene rings is 2. The van der Waals surface area contributed by atoms with Gasteiger partial charge >= 0.3 is 6.18 Å². The number of imidazole rings is 1. The summed E-state index contributed by atoms with van der Waals surface area (Å²) in [7, 11) is 1.74. The van der Waals surface area contributed by atoms with E-state index >= 15 is 0 Å². The highest BCUT2D eigenvalue weighted by Crippen LogP contribution is 2.29. The molecule has 31 heavy (non-hydrogen) atoms. The third-order valence-electron chi connectivity index (χ3n) is 4.80. The van der Waals surface area contributed by atoms with Gasteiger partial charge in [-0.2, -0.15) is 18.2 Å². The number of aryl methyl sites for hydroxylation is 1. The molecule has 0 aliphatic carbocycles. The fourth-order valence-corrected chi connectivity index (χ4v) is 3.31. The van der Waals surface area contributed by atoms with E-state index in [4.69, 9.17) is 11.6 Å². The molecule has 4 rings (SSSR count). The Kier molecular flexibility index (Phi) is 5.45. The molecule has 2 aromatic heterocycles. The van der Waals surface area contributed by atoms with Crippen molar-refractivity contribution in [3.8, 4) is 5.69 Å². The van der Waals surface area contributed by atoms with Crippen LogP contribution in [-0.4, -0.2) is 25.6 Å². The molecule has 0 radical (unpaired) electrons. The molecule has 160 valence electrons. The van der Waals surface area contributed by atoms with Crippen molar-refractivity contribution in [1.82, 2.24) is 19.1 Å². The number of rotatable bonds is 5. The second kappa shape index (κ2) is 8.07. The molecule has 1 N–H and O–H groups in total. The summed E-state index contributed by atoms with van der Waals surface area (Å²) in [6, 6.07) is 11.7. The first-order valence-electron chi connectivity index (χ1n) is 9.34. The molecule has 0 bridgehead atoms. The van der Waals surface area contributed by atoms with Crippen molar-refractivity contribution in [1.29, 1.82) is 0 Å². The van der Waals surface area contributed by atoms with Crippen molar-refractivity contribution in [3.05, 3.63) is 81.4 Å². The molecule has 0 aliphatic heterocycles. The van der Waals surface area contributed by atoms with Crippen LogP contribution in [0.4, 0.5) is 19.1 Å². The lowest BCUT2D eigenvalue weighted by Crippen LogP contribution is -2.25. The van der Waals surface area contributed by atoms with Gasteiger partial charge in [0.25, 0.3) is 5.56 Å². The van der Waals surface area contributed by atoms with Crippen LogP contribution in [-0.2, 0) is 19.6 Å². The first-order chi connectivity index (χ1) is 14.7. The maximum Gasteiger partial charge on any atom is 0.416 e. The fourth-order valence-electron chi connectivity index (χ4n) is 3.19. The summed E-state index contributed by atoms with van der Waals surface area (Å²) < 4.78 is 41.2. The molecule has 10 heteroatoms. The van der Waals surface area contributed by atoms with Gasteiger partial charge in [0.05, 0.1) is 17.6 Å². The van der Waals surface area contributed by atoms with E-state index in [2.05, 4.69) is 15.3 Å². The molecule has 0 amide bonds. The van der Waals surface area contributed by atoms with Crippen LogP contribution >= 0.6 is 11.6 Å². The van der Waals surface area contributed by atoms with Crippen LogP contribution in [0.5, 0.6) is 0 Å². The lowest BCUT2D eigenvalue weighted by Gasteiger charge is -2.14. The summed E-state index contributed by atoms with van der Waals surface area (Å²) in [6.07, 6.45) is -2.41. The first kappa shape index (κ1) is 20.9. The number of alkyl halides is 3. The Morgan fingerprint density at radius 1 is 1.06 bits per heavy atom. The summed E-state index contributed by atoms with van der Waals surface area (Å²) in [4.78, 5) is 21.8. The number of anilines is 1. The van der Waals surface area contributed by atoms with Gasteiger partial charge in [-0.05, 0) is 48.4 Å². The van der Waals surface area contributed by atoms with Crippen LogP contribution in [0.3, 0.4) is 0 Å². The van der Waals surface area contributed by atoms with Gasteiger partial charge in [-0.25, -0.2) is 9.55 Å². The van der Waals surface area contributed by atoms with Gasteiger partial charge in [0.2, 0.25) is 5.95 Å². The minimum absolute atomic E-state index is 0.228. The standard InChI is InChI=1S/C21H17ClF3N5O/c1-29-12-27-17-18(29)28-20(30(19(17)31)16-8-6-15(22)7-9-16)26-11-10-13-2-4-14(5-3-13)21(23,24)25/h2-9,12H,10-11H2,1H3,(H,26,28). The van der Waals surface area contributed by atoms with Gasteiger partial charge in [-0.1, -0.05) is 23.7 Å². The molecule has 4 aromatic rings. The minimum Gasteiger partial charge on any atom is -0.355 e. The molecule has 0 aliphatic rings. The molecule has 0 saturated heterocycles. The highest BCUT2D eigenvalue weighted by atomic mass is 35.5. The predicted octanol–water partition coefficient (Wildman–Crippen LogP) is 4.45. The molecule has 0 spiro atoms.